The molecule has 4 nitrogen and oxygen atoms in total. The Labute approximate surface area is 125 Å². The molecule has 3 rings (SSSR count). The molecule has 0 spiro atoms. The van der Waals surface area contributed by atoms with Crippen molar-refractivity contribution >= 4 is 17.5 Å². The molecule has 2 saturated heterocycles. The Morgan fingerprint density at radius 3 is 2.67 bits per heavy atom. The maximum Gasteiger partial charge on any atom is 0.292 e. The quantitative estimate of drug-likeness (QED) is 0.848. The predicted octanol–water partition coefficient (Wildman–Crippen LogP) is 1.17. The van der Waals surface area contributed by atoms with Crippen LogP contribution in [0.3, 0.4) is 0 Å². The van der Waals surface area contributed by atoms with Crippen LogP contribution in [0.2, 0.25) is 0 Å². The number of nitrogens with one attached hydrogen (secondary N) is 1. The molecule has 2 amide bonds. The van der Waals surface area contributed by atoms with Crippen LogP contribution in [-0.4, -0.2) is 30.4 Å². The van der Waals surface area contributed by atoms with Crippen LogP contribution in [-0.2, 0) is 9.59 Å². The molecule has 3 unspecified atom stereocenters. The number of carbonyl (C=O) groups is 2. The van der Waals surface area contributed by atoms with Crippen LogP contribution in [0.15, 0.2) is 30.3 Å². The largest absolute Gasteiger partial charge is 0.322 e. The summed E-state index contributed by atoms with van der Waals surface area (Å²) in [5.74, 6) is -0.0642. The van der Waals surface area contributed by atoms with Gasteiger partial charge in [-0.1, -0.05) is 25.1 Å². The standard InChI is InChI=1S/C17H22N2O2/c1-2-13-8-6-7-11-18(13)15-12-16(20)19(17(15)21)14-9-4-3-5-10-14/h3-5,9-10,13,15H,2,6-8,11-12H2,1H3/p+1. The highest BCUT2D eigenvalue weighted by molar-refractivity contribution is 6.21. The van der Waals surface area contributed by atoms with E-state index in [-0.39, 0.29) is 17.9 Å². The minimum absolute atomic E-state index is 0.0125. The molecule has 1 aromatic rings. The number of likely N-dealkylation sites (tertiary alicyclic amines) is 1. The minimum atomic E-state index is -0.178. The normalized spacial score (nSPS) is 30.0. The van der Waals surface area contributed by atoms with Gasteiger partial charge >= 0.3 is 0 Å². The summed E-state index contributed by atoms with van der Waals surface area (Å²) in [6.07, 6.45) is 5.03. The molecular weight excluding hydrogens is 264 g/mol. The van der Waals surface area contributed by atoms with Gasteiger partial charge in [-0.25, -0.2) is 4.90 Å². The molecule has 2 heterocycles. The van der Waals surface area contributed by atoms with E-state index in [1.54, 1.807) is 0 Å². The summed E-state index contributed by atoms with van der Waals surface area (Å²) in [6, 6.07) is 9.65. The Morgan fingerprint density at radius 2 is 1.95 bits per heavy atom. The molecule has 2 fully saturated rings. The lowest BCUT2D eigenvalue weighted by atomic mass is 9.97. The number of imide groups is 1. The Morgan fingerprint density at radius 1 is 1.19 bits per heavy atom. The predicted molar refractivity (Wildman–Crippen MR) is 81.1 cm³/mol. The number of nitrogens with zero attached hydrogens (tertiary/aromatic N) is 1. The molecule has 112 valence electrons. The molecule has 0 radical (unpaired) electrons. The molecule has 4 heteroatoms. The van der Waals surface area contributed by atoms with Crippen LogP contribution < -0.4 is 9.80 Å². The van der Waals surface area contributed by atoms with Crippen LogP contribution in [0.5, 0.6) is 0 Å². The number of hydrogen-bond donors (Lipinski definition) is 1. The third-order valence-corrected chi connectivity index (χ3v) is 4.89. The molecule has 0 aliphatic carbocycles. The Kier molecular flexibility index (Phi) is 4.06. The lowest BCUT2D eigenvalue weighted by Crippen LogP contribution is -3.20. The molecule has 2 aliphatic heterocycles. The highest BCUT2D eigenvalue weighted by Gasteiger charge is 2.47. The Balaban J connectivity index is 1.83. The number of carbonyl (C=O) groups excluding carboxylic acids is 2. The number of amides is 2. The van der Waals surface area contributed by atoms with Crippen molar-refractivity contribution in [2.24, 2.45) is 0 Å². The van der Waals surface area contributed by atoms with Crippen molar-refractivity contribution in [3.05, 3.63) is 30.3 Å². The summed E-state index contributed by atoms with van der Waals surface area (Å²) < 4.78 is 0. The molecule has 21 heavy (non-hydrogen) atoms. The average Bonchev–Trinajstić information content (AvgIpc) is 2.83. The van der Waals surface area contributed by atoms with Crippen molar-refractivity contribution in [1.29, 1.82) is 0 Å². The zero-order valence-electron chi connectivity index (χ0n) is 12.5. The van der Waals surface area contributed by atoms with Gasteiger partial charge in [-0.2, -0.15) is 0 Å². The molecular formula is C17H23N2O2+. The van der Waals surface area contributed by atoms with Crippen molar-refractivity contribution in [2.45, 2.75) is 51.1 Å². The van der Waals surface area contributed by atoms with E-state index in [4.69, 9.17) is 0 Å². The number of piperidine rings is 1. The summed E-state index contributed by atoms with van der Waals surface area (Å²) in [7, 11) is 0. The fourth-order valence-electron chi connectivity index (χ4n) is 3.80. The second kappa shape index (κ2) is 5.98. The first-order valence-corrected chi connectivity index (χ1v) is 7.99. The summed E-state index contributed by atoms with van der Waals surface area (Å²) in [6.45, 7) is 3.21. The van der Waals surface area contributed by atoms with E-state index in [9.17, 15) is 9.59 Å². The molecule has 1 N–H and O–H groups in total. The number of para-hydroxylation sites is 1. The van der Waals surface area contributed by atoms with Crippen molar-refractivity contribution in [2.75, 3.05) is 11.4 Å². The summed E-state index contributed by atoms with van der Waals surface area (Å²) in [5, 5.41) is 0. The first kappa shape index (κ1) is 14.3. The number of rotatable bonds is 3. The molecule has 0 saturated carbocycles. The molecule has 1 aromatic carbocycles. The average molecular weight is 287 g/mol. The summed E-state index contributed by atoms with van der Waals surface area (Å²) >= 11 is 0. The van der Waals surface area contributed by atoms with Gasteiger partial charge in [0.15, 0.2) is 6.04 Å². The Bertz CT molecular complexity index is 529. The number of benzene rings is 1. The second-order valence-electron chi connectivity index (χ2n) is 6.09. The first-order chi connectivity index (χ1) is 10.2. The molecule has 0 aromatic heterocycles. The van der Waals surface area contributed by atoms with E-state index in [1.807, 2.05) is 30.3 Å². The van der Waals surface area contributed by atoms with Crippen molar-refractivity contribution in [1.82, 2.24) is 0 Å². The zero-order valence-corrected chi connectivity index (χ0v) is 12.5. The zero-order chi connectivity index (χ0) is 14.8. The summed E-state index contributed by atoms with van der Waals surface area (Å²) in [5.41, 5.74) is 0.708. The van der Waals surface area contributed by atoms with Gasteiger partial charge in [0.1, 0.15) is 0 Å². The van der Waals surface area contributed by atoms with E-state index < -0.39 is 0 Å². The van der Waals surface area contributed by atoms with E-state index in [1.165, 1.54) is 22.6 Å². The smallest absolute Gasteiger partial charge is 0.292 e. The maximum atomic E-state index is 12.8. The number of hydrogen-bond acceptors (Lipinski definition) is 2. The van der Waals surface area contributed by atoms with Crippen LogP contribution in [0.4, 0.5) is 5.69 Å². The fraction of sp³-hybridized carbons (Fsp3) is 0.529. The van der Waals surface area contributed by atoms with Crippen molar-refractivity contribution in [3.8, 4) is 0 Å². The third kappa shape index (κ3) is 2.60. The maximum absolute atomic E-state index is 12.8. The van der Waals surface area contributed by atoms with Gasteiger partial charge in [-0.05, 0) is 37.8 Å². The second-order valence-corrected chi connectivity index (χ2v) is 6.09. The third-order valence-electron chi connectivity index (χ3n) is 4.89. The van der Waals surface area contributed by atoms with Crippen molar-refractivity contribution < 1.29 is 14.5 Å². The monoisotopic (exact) mass is 287 g/mol. The highest BCUT2D eigenvalue weighted by atomic mass is 16.2. The molecule has 2 aliphatic rings. The minimum Gasteiger partial charge on any atom is -0.322 e. The summed E-state index contributed by atoms with van der Waals surface area (Å²) in [4.78, 5) is 27.8. The first-order valence-electron chi connectivity index (χ1n) is 7.99. The molecule has 0 bridgehead atoms. The van der Waals surface area contributed by atoms with Crippen molar-refractivity contribution in [3.63, 3.8) is 0 Å². The fourth-order valence-corrected chi connectivity index (χ4v) is 3.80. The van der Waals surface area contributed by atoms with E-state index in [2.05, 4.69) is 6.92 Å². The van der Waals surface area contributed by atoms with E-state index >= 15 is 0 Å². The van der Waals surface area contributed by atoms with Crippen LogP contribution >= 0.6 is 0 Å². The number of anilines is 1. The van der Waals surface area contributed by atoms with Gasteiger partial charge in [0.2, 0.25) is 5.91 Å². The SMILES string of the molecule is CCC1CCCC[NH+]1C1CC(=O)N(c2ccccc2)C1=O. The highest BCUT2D eigenvalue weighted by Crippen LogP contribution is 2.22. The Hall–Kier alpha value is -1.68. The van der Waals surface area contributed by atoms with Gasteiger partial charge < -0.3 is 4.90 Å². The van der Waals surface area contributed by atoms with Gasteiger partial charge in [0.25, 0.3) is 5.91 Å². The van der Waals surface area contributed by atoms with Crippen LogP contribution in [0.1, 0.15) is 39.0 Å². The van der Waals surface area contributed by atoms with Gasteiger partial charge in [0.05, 0.1) is 24.7 Å². The molecule has 3 atom stereocenters. The lowest BCUT2D eigenvalue weighted by Gasteiger charge is -2.35. The van der Waals surface area contributed by atoms with Crippen LogP contribution in [0.25, 0.3) is 0 Å². The van der Waals surface area contributed by atoms with E-state index in [0.717, 1.165) is 19.4 Å². The van der Waals surface area contributed by atoms with Gasteiger partial charge in [-0.3, -0.25) is 9.59 Å². The van der Waals surface area contributed by atoms with E-state index in [0.29, 0.717) is 18.2 Å². The topological polar surface area (TPSA) is 41.8 Å². The van der Waals surface area contributed by atoms with Gasteiger partial charge in [0, 0.05) is 0 Å². The van der Waals surface area contributed by atoms with Crippen LogP contribution in [0, 0.1) is 0 Å². The van der Waals surface area contributed by atoms with Gasteiger partial charge in [-0.15, -0.1) is 0 Å². The number of quaternary nitrogens is 1. The lowest BCUT2D eigenvalue weighted by molar-refractivity contribution is -0.944.